The van der Waals surface area contributed by atoms with Gasteiger partial charge in [0.2, 0.25) is 0 Å². The maximum atomic E-state index is 5.92. The van der Waals surface area contributed by atoms with Gasteiger partial charge in [-0.2, -0.15) is 0 Å². The van der Waals surface area contributed by atoms with Crippen LogP contribution < -0.4 is 5.73 Å². The largest absolute Gasteiger partial charge is 0.369 e. The number of nitrogens with two attached hydrogens (primary N) is 1. The minimum Gasteiger partial charge on any atom is -0.369 e. The third-order valence-electron chi connectivity index (χ3n) is 2.41. The molecule has 0 saturated heterocycles. The van der Waals surface area contributed by atoms with Gasteiger partial charge in [0, 0.05) is 11.6 Å². The molecule has 0 amide bonds. The Balaban J connectivity index is 2.73. The average molecular weight is 228 g/mol. The van der Waals surface area contributed by atoms with E-state index in [1.165, 1.54) is 0 Å². The first kappa shape index (κ1) is 12.5. The normalized spacial score (nSPS) is 14.9. The number of ether oxygens (including phenoxy) is 1. The Bertz CT molecular complexity index is 303. The summed E-state index contributed by atoms with van der Waals surface area (Å²) in [5, 5.41) is 0.721. The third kappa shape index (κ3) is 3.82. The molecule has 1 aromatic rings. The molecule has 0 spiro atoms. The molecule has 0 bridgehead atoms. The number of hydrogen-bond acceptors (Lipinski definition) is 2. The predicted molar refractivity (Wildman–Crippen MR) is 64.1 cm³/mol. The van der Waals surface area contributed by atoms with Crippen molar-refractivity contribution >= 4 is 11.6 Å². The lowest BCUT2D eigenvalue weighted by atomic mass is 10.1. The minimum absolute atomic E-state index is 0.0568. The van der Waals surface area contributed by atoms with Crippen molar-refractivity contribution in [1.29, 1.82) is 0 Å². The first-order valence-electron chi connectivity index (χ1n) is 5.28. The van der Waals surface area contributed by atoms with E-state index in [0.29, 0.717) is 6.54 Å². The summed E-state index contributed by atoms with van der Waals surface area (Å²) >= 11 is 5.92. The monoisotopic (exact) mass is 227 g/mol. The zero-order valence-corrected chi connectivity index (χ0v) is 10.00. The Labute approximate surface area is 96.4 Å². The summed E-state index contributed by atoms with van der Waals surface area (Å²) in [6.07, 6.45) is 1.15. The van der Waals surface area contributed by atoms with Gasteiger partial charge in [-0.05, 0) is 31.0 Å². The van der Waals surface area contributed by atoms with Gasteiger partial charge in [-0.15, -0.1) is 0 Å². The second-order valence-electron chi connectivity index (χ2n) is 3.63. The fourth-order valence-electron chi connectivity index (χ4n) is 1.35. The van der Waals surface area contributed by atoms with Crippen molar-refractivity contribution in [2.45, 2.75) is 32.5 Å². The molecule has 0 saturated carbocycles. The van der Waals surface area contributed by atoms with Crippen LogP contribution >= 0.6 is 11.6 Å². The lowest BCUT2D eigenvalue weighted by Gasteiger charge is -2.20. The Morgan fingerprint density at radius 1 is 1.47 bits per heavy atom. The summed E-state index contributed by atoms with van der Waals surface area (Å²) in [5.74, 6) is 0. The number of rotatable bonds is 5. The van der Waals surface area contributed by atoms with Crippen LogP contribution in [-0.2, 0) is 4.74 Å². The fourth-order valence-corrected chi connectivity index (χ4v) is 1.55. The minimum atomic E-state index is -0.0568. The van der Waals surface area contributed by atoms with Gasteiger partial charge in [0.05, 0.1) is 12.2 Å². The van der Waals surface area contributed by atoms with Crippen LogP contribution in [0.3, 0.4) is 0 Å². The second kappa shape index (κ2) is 6.11. The van der Waals surface area contributed by atoms with E-state index in [9.17, 15) is 0 Å². The molecule has 0 heterocycles. The molecule has 1 aromatic carbocycles. The highest BCUT2D eigenvalue weighted by Gasteiger charge is 2.13. The van der Waals surface area contributed by atoms with E-state index in [4.69, 9.17) is 22.1 Å². The van der Waals surface area contributed by atoms with Crippen molar-refractivity contribution in [3.63, 3.8) is 0 Å². The Kier molecular flexibility index (Phi) is 5.09. The van der Waals surface area contributed by atoms with Gasteiger partial charge in [0.1, 0.15) is 0 Å². The van der Waals surface area contributed by atoms with Crippen molar-refractivity contribution in [3.8, 4) is 0 Å². The lowest BCUT2D eigenvalue weighted by molar-refractivity contribution is -0.0000212. The molecule has 2 atom stereocenters. The molecule has 15 heavy (non-hydrogen) atoms. The molecule has 0 fully saturated rings. The smallest absolute Gasteiger partial charge is 0.0951 e. The number of halogens is 1. The molecule has 0 radical (unpaired) electrons. The first-order chi connectivity index (χ1) is 7.17. The van der Waals surface area contributed by atoms with Gasteiger partial charge < -0.3 is 10.5 Å². The van der Waals surface area contributed by atoms with Crippen LogP contribution in [0.15, 0.2) is 24.3 Å². The molecule has 1 rings (SSSR count). The molecule has 2 unspecified atom stereocenters. The van der Waals surface area contributed by atoms with Crippen molar-refractivity contribution in [2.75, 3.05) is 6.54 Å². The van der Waals surface area contributed by atoms with Crippen LogP contribution in [0.2, 0.25) is 5.02 Å². The third-order valence-corrected chi connectivity index (χ3v) is 2.64. The second-order valence-corrected chi connectivity index (χ2v) is 4.07. The van der Waals surface area contributed by atoms with Crippen LogP contribution in [0, 0.1) is 0 Å². The molecule has 0 aliphatic rings. The van der Waals surface area contributed by atoms with Gasteiger partial charge in [-0.25, -0.2) is 0 Å². The number of benzene rings is 1. The van der Waals surface area contributed by atoms with E-state index in [0.717, 1.165) is 17.0 Å². The highest BCUT2D eigenvalue weighted by Crippen LogP contribution is 2.21. The van der Waals surface area contributed by atoms with Crippen LogP contribution in [0.25, 0.3) is 0 Å². The maximum absolute atomic E-state index is 5.92. The van der Waals surface area contributed by atoms with E-state index in [-0.39, 0.29) is 12.2 Å². The van der Waals surface area contributed by atoms with Crippen molar-refractivity contribution < 1.29 is 4.74 Å². The molecule has 84 valence electrons. The summed E-state index contributed by atoms with van der Waals surface area (Å²) < 4.78 is 5.81. The molecule has 2 N–H and O–H groups in total. The highest BCUT2D eigenvalue weighted by molar-refractivity contribution is 6.30. The van der Waals surface area contributed by atoms with E-state index in [1.807, 2.05) is 31.2 Å². The topological polar surface area (TPSA) is 35.2 Å². The van der Waals surface area contributed by atoms with E-state index >= 15 is 0 Å². The molecular weight excluding hydrogens is 210 g/mol. The van der Waals surface area contributed by atoms with Gasteiger partial charge >= 0.3 is 0 Å². The van der Waals surface area contributed by atoms with Crippen molar-refractivity contribution in [1.82, 2.24) is 0 Å². The summed E-state index contributed by atoms with van der Waals surface area (Å²) in [7, 11) is 0. The molecule has 3 heteroatoms. The average Bonchev–Trinajstić information content (AvgIpc) is 2.25. The molecule has 2 nitrogen and oxygen atoms in total. The van der Waals surface area contributed by atoms with Crippen molar-refractivity contribution in [2.24, 2.45) is 5.73 Å². The van der Waals surface area contributed by atoms with Gasteiger partial charge in [-0.3, -0.25) is 0 Å². The SMILES string of the molecule is CCC(C)OC(CN)c1cccc(Cl)c1. The van der Waals surface area contributed by atoms with Crippen LogP contribution in [0.1, 0.15) is 31.9 Å². The molecule has 0 aliphatic heterocycles. The van der Waals surface area contributed by atoms with Crippen molar-refractivity contribution in [3.05, 3.63) is 34.9 Å². The summed E-state index contributed by atoms with van der Waals surface area (Å²) in [6, 6.07) is 7.66. The Hall–Kier alpha value is -0.570. The predicted octanol–water partition coefficient (Wildman–Crippen LogP) is 3.15. The van der Waals surface area contributed by atoms with Gasteiger partial charge in [0.15, 0.2) is 0 Å². The van der Waals surface area contributed by atoms with Crippen LogP contribution in [0.4, 0.5) is 0 Å². The van der Waals surface area contributed by atoms with Gasteiger partial charge in [-0.1, -0.05) is 30.7 Å². The molecular formula is C12H18ClNO. The van der Waals surface area contributed by atoms with E-state index < -0.39 is 0 Å². The van der Waals surface area contributed by atoms with E-state index in [2.05, 4.69) is 6.92 Å². The summed E-state index contributed by atoms with van der Waals surface area (Å²) in [4.78, 5) is 0. The summed E-state index contributed by atoms with van der Waals surface area (Å²) in [6.45, 7) is 4.62. The lowest BCUT2D eigenvalue weighted by Crippen LogP contribution is -2.20. The zero-order chi connectivity index (χ0) is 11.3. The zero-order valence-electron chi connectivity index (χ0n) is 9.24. The summed E-state index contributed by atoms with van der Waals surface area (Å²) in [5.41, 5.74) is 6.74. The van der Waals surface area contributed by atoms with Crippen LogP contribution in [-0.4, -0.2) is 12.6 Å². The number of hydrogen-bond donors (Lipinski definition) is 1. The molecule has 0 aliphatic carbocycles. The maximum Gasteiger partial charge on any atom is 0.0951 e. The quantitative estimate of drug-likeness (QED) is 0.839. The van der Waals surface area contributed by atoms with E-state index in [1.54, 1.807) is 0 Å². The van der Waals surface area contributed by atoms with Gasteiger partial charge in [0.25, 0.3) is 0 Å². The Morgan fingerprint density at radius 2 is 2.20 bits per heavy atom. The fraction of sp³-hybridized carbons (Fsp3) is 0.500. The Morgan fingerprint density at radius 3 is 2.73 bits per heavy atom. The molecule has 0 aromatic heterocycles. The van der Waals surface area contributed by atoms with Crippen LogP contribution in [0.5, 0.6) is 0 Å². The highest BCUT2D eigenvalue weighted by atomic mass is 35.5. The first-order valence-corrected chi connectivity index (χ1v) is 5.66. The standard InChI is InChI=1S/C12H18ClNO/c1-3-9(2)15-12(8-14)10-5-4-6-11(13)7-10/h4-7,9,12H,3,8,14H2,1-2H3.